The van der Waals surface area contributed by atoms with Crippen LogP contribution in [0, 0.1) is 0 Å². The van der Waals surface area contributed by atoms with Gasteiger partial charge in [-0.2, -0.15) is 0 Å². The molecule has 4 heteroatoms. The summed E-state index contributed by atoms with van der Waals surface area (Å²) in [5.41, 5.74) is 2.08. The van der Waals surface area contributed by atoms with E-state index in [2.05, 4.69) is 47.0 Å². The molecule has 4 rings (SSSR count). The number of hydrogen-bond donors (Lipinski definition) is 2. The largest absolute Gasteiger partial charge is 0.353 e. The number of nitrogens with one attached hydrogen (secondary N) is 2. The monoisotopic (exact) mass is 476 g/mol. The van der Waals surface area contributed by atoms with Crippen LogP contribution >= 0.6 is 0 Å². The van der Waals surface area contributed by atoms with E-state index in [0.717, 1.165) is 58.4 Å². The Kier molecular flexibility index (Phi) is 9.04. The number of fused-ring (bicyclic) bond motifs is 2. The molecule has 4 aromatic rings. The molecule has 36 heavy (non-hydrogen) atoms. The molecular weight excluding hydrogens is 444 g/mol. The molecule has 0 atom stereocenters. The molecule has 0 aliphatic heterocycles. The van der Waals surface area contributed by atoms with E-state index in [1.54, 1.807) is 12.2 Å². The van der Waals surface area contributed by atoms with Crippen LogP contribution in [-0.4, -0.2) is 24.9 Å². The Hall–Kier alpha value is -4.18. The molecule has 0 aliphatic carbocycles. The van der Waals surface area contributed by atoms with E-state index in [9.17, 15) is 9.59 Å². The van der Waals surface area contributed by atoms with Crippen molar-refractivity contribution in [3.05, 3.63) is 108 Å². The van der Waals surface area contributed by atoms with Crippen molar-refractivity contribution in [3.8, 4) is 0 Å². The summed E-state index contributed by atoms with van der Waals surface area (Å²) >= 11 is 0. The first-order valence-electron chi connectivity index (χ1n) is 12.6. The van der Waals surface area contributed by atoms with Gasteiger partial charge < -0.3 is 10.6 Å². The molecule has 0 heterocycles. The van der Waals surface area contributed by atoms with Gasteiger partial charge in [-0.05, 0) is 57.7 Å². The van der Waals surface area contributed by atoms with Crippen LogP contribution in [0.15, 0.2) is 97.1 Å². The Bertz CT molecular complexity index is 1270. The smallest absolute Gasteiger partial charge is 0.243 e. The van der Waals surface area contributed by atoms with Crippen LogP contribution < -0.4 is 10.6 Å². The molecule has 0 spiro atoms. The van der Waals surface area contributed by atoms with Crippen molar-refractivity contribution in [2.45, 2.75) is 25.7 Å². The van der Waals surface area contributed by atoms with Gasteiger partial charge in [-0.15, -0.1) is 0 Å². The standard InChI is InChI=1S/C32H32N2O2/c35-31(21-19-27-15-9-13-25-11-3-5-17-29(25)27)33-23-7-1-2-8-24-34-32(36)22-20-28-16-10-14-26-12-4-6-18-30(26)28/h3-6,9-22H,1-2,7-8,23-24H2,(H,33,35)(H,34,36)/b21-19-,22-20-. The molecule has 0 saturated carbocycles. The van der Waals surface area contributed by atoms with Gasteiger partial charge in [0, 0.05) is 25.2 Å². The SMILES string of the molecule is O=C(/C=C\c1cccc2ccccc12)NCCCCCCNC(=O)/C=C\c1cccc2ccccc12. The van der Waals surface area contributed by atoms with Gasteiger partial charge in [0.25, 0.3) is 0 Å². The molecule has 4 aromatic carbocycles. The van der Waals surface area contributed by atoms with Crippen LogP contribution in [0.1, 0.15) is 36.8 Å². The van der Waals surface area contributed by atoms with Crippen LogP contribution in [0.4, 0.5) is 0 Å². The second-order valence-electron chi connectivity index (χ2n) is 8.80. The lowest BCUT2D eigenvalue weighted by molar-refractivity contribution is -0.117. The summed E-state index contributed by atoms with van der Waals surface area (Å²) in [7, 11) is 0. The third-order valence-electron chi connectivity index (χ3n) is 6.18. The second-order valence-corrected chi connectivity index (χ2v) is 8.80. The van der Waals surface area contributed by atoms with E-state index in [0.29, 0.717) is 13.1 Å². The fraction of sp³-hybridized carbons (Fsp3) is 0.188. The van der Waals surface area contributed by atoms with E-state index < -0.39 is 0 Å². The summed E-state index contributed by atoms with van der Waals surface area (Å²) in [6.45, 7) is 1.30. The van der Waals surface area contributed by atoms with Crippen LogP contribution in [0.2, 0.25) is 0 Å². The second kappa shape index (κ2) is 13.1. The zero-order valence-electron chi connectivity index (χ0n) is 20.5. The van der Waals surface area contributed by atoms with E-state index in [4.69, 9.17) is 0 Å². The zero-order valence-corrected chi connectivity index (χ0v) is 20.5. The summed E-state index contributed by atoms with van der Waals surface area (Å²) in [4.78, 5) is 24.3. The Morgan fingerprint density at radius 1 is 0.528 bits per heavy atom. The maximum atomic E-state index is 12.1. The predicted octanol–water partition coefficient (Wildman–Crippen LogP) is 6.51. The van der Waals surface area contributed by atoms with Crippen LogP contribution in [0.5, 0.6) is 0 Å². The third-order valence-corrected chi connectivity index (χ3v) is 6.18. The number of unbranched alkanes of at least 4 members (excludes halogenated alkanes) is 3. The molecule has 0 radical (unpaired) electrons. The molecule has 0 aromatic heterocycles. The summed E-state index contributed by atoms with van der Waals surface area (Å²) < 4.78 is 0. The third kappa shape index (κ3) is 7.16. The number of benzene rings is 4. The average Bonchev–Trinajstić information content (AvgIpc) is 2.92. The maximum Gasteiger partial charge on any atom is 0.243 e. The normalized spacial score (nSPS) is 11.4. The molecule has 2 N–H and O–H groups in total. The molecule has 4 nitrogen and oxygen atoms in total. The van der Waals surface area contributed by atoms with Gasteiger partial charge in [0.1, 0.15) is 0 Å². The lowest BCUT2D eigenvalue weighted by Gasteiger charge is -2.05. The van der Waals surface area contributed by atoms with Gasteiger partial charge in [0.2, 0.25) is 11.8 Å². The average molecular weight is 477 g/mol. The highest BCUT2D eigenvalue weighted by Crippen LogP contribution is 2.20. The van der Waals surface area contributed by atoms with Crippen molar-refractivity contribution in [2.75, 3.05) is 13.1 Å². The molecule has 0 bridgehead atoms. The first-order valence-corrected chi connectivity index (χ1v) is 12.6. The van der Waals surface area contributed by atoms with Crippen LogP contribution in [-0.2, 0) is 9.59 Å². The lowest BCUT2D eigenvalue weighted by Crippen LogP contribution is -2.23. The van der Waals surface area contributed by atoms with Gasteiger partial charge in [0.05, 0.1) is 0 Å². The van der Waals surface area contributed by atoms with Crippen molar-refractivity contribution in [2.24, 2.45) is 0 Å². The van der Waals surface area contributed by atoms with Crippen molar-refractivity contribution < 1.29 is 9.59 Å². The molecule has 182 valence electrons. The van der Waals surface area contributed by atoms with Crippen molar-refractivity contribution in [3.63, 3.8) is 0 Å². The summed E-state index contributed by atoms with van der Waals surface area (Å²) in [6, 6.07) is 28.5. The van der Waals surface area contributed by atoms with E-state index in [1.165, 1.54) is 0 Å². The topological polar surface area (TPSA) is 58.2 Å². The highest BCUT2D eigenvalue weighted by Gasteiger charge is 2.01. The Morgan fingerprint density at radius 3 is 1.42 bits per heavy atom. The number of hydrogen-bond acceptors (Lipinski definition) is 2. The van der Waals surface area contributed by atoms with Crippen LogP contribution in [0.3, 0.4) is 0 Å². The molecule has 0 aliphatic rings. The number of carbonyl (C=O) groups excluding carboxylic acids is 2. The molecule has 0 unspecified atom stereocenters. The lowest BCUT2D eigenvalue weighted by atomic mass is 10.0. The van der Waals surface area contributed by atoms with E-state index in [-0.39, 0.29) is 11.8 Å². The number of rotatable bonds is 11. The molecule has 2 amide bonds. The molecule has 0 fully saturated rings. The summed E-state index contributed by atoms with van der Waals surface area (Å²) in [5.74, 6) is -0.152. The highest BCUT2D eigenvalue weighted by atomic mass is 16.2. The Balaban J connectivity index is 1.09. The summed E-state index contributed by atoms with van der Waals surface area (Å²) in [6.07, 6.45) is 10.8. The Labute approximate surface area is 212 Å². The molecular formula is C32H32N2O2. The fourth-order valence-corrected chi connectivity index (χ4v) is 4.27. The van der Waals surface area contributed by atoms with Crippen LogP contribution in [0.25, 0.3) is 33.7 Å². The predicted molar refractivity (Wildman–Crippen MR) is 150 cm³/mol. The quantitative estimate of drug-likeness (QED) is 0.191. The fourth-order valence-electron chi connectivity index (χ4n) is 4.27. The van der Waals surface area contributed by atoms with Crippen molar-refractivity contribution in [1.82, 2.24) is 10.6 Å². The van der Waals surface area contributed by atoms with Crippen molar-refractivity contribution in [1.29, 1.82) is 0 Å². The van der Waals surface area contributed by atoms with E-state index in [1.807, 2.05) is 60.7 Å². The number of amides is 2. The van der Waals surface area contributed by atoms with Gasteiger partial charge in [0.15, 0.2) is 0 Å². The van der Waals surface area contributed by atoms with E-state index >= 15 is 0 Å². The Morgan fingerprint density at radius 2 is 0.944 bits per heavy atom. The number of carbonyl (C=O) groups is 2. The minimum absolute atomic E-state index is 0.0758. The maximum absolute atomic E-state index is 12.1. The van der Waals surface area contributed by atoms with Crippen molar-refractivity contribution >= 4 is 45.5 Å². The van der Waals surface area contributed by atoms with Gasteiger partial charge in [-0.3, -0.25) is 9.59 Å². The first kappa shape index (κ1) is 24.9. The minimum Gasteiger partial charge on any atom is -0.353 e. The minimum atomic E-state index is -0.0758. The first-order chi connectivity index (χ1) is 17.7. The summed E-state index contributed by atoms with van der Waals surface area (Å²) in [5, 5.41) is 10.5. The van der Waals surface area contributed by atoms with Gasteiger partial charge in [-0.1, -0.05) is 97.8 Å². The molecule has 0 saturated heterocycles. The van der Waals surface area contributed by atoms with Gasteiger partial charge >= 0.3 is 0 Å². The zero-order chi connectivity index (χ0) is 25.0. The van der Waals surface area contributed by atoms with Gasteiger partial charge in [-0.25, -0.2) is 0 Å². The highest BCUT2D eigenvalue weighted by molar-refractivity contribution is 5.97.